The Balaban J connectivity index is 1.66. The number of hydrogen-bond acceptors (Lipinski definition) is 5. The van der Waals surface area contributed by atoms with Crippen LogP contribution < -0.4 is 11.1 Å². The van der Waals surface area contributed by atoms with Crippen molar-refractivity contribution in [2.75, 3.05) is 16.8 Å². The molecule has 0 aliphatic heterocycles. The summed E-state index contributed by atoms with van der Waals surface area (Å²) in [5.74, 6) is 0.938. The van der Waals surface area contributed by atoms with Crippen LogP contribution in [0.4, 0.5) is 11.4 Å². The highest BCUT2D eigenvalue weighted by molar-refractivity contribution is 8.01. The van der Waals surface area contributed by atoms with Crippen LogP contribution in [0.1, 0.15) is 18.5 Å². The van der Waals surface area contributed by atoms with Crippen molar-refractivity contribution in [3.05, 3.63) is 35.3 Å². The second-order valence-corrected chi connectivity index (χ2v) is 6.58. The Hall–Kier alpha value is -1.53. The molecule has 0 aliphatic rings. The minimum atomic E-state index is 0.0330. The van der Waals surface area contributed by atoms with Gasteiger partial charge in [0.25, 0.3) is 0 Å². The number of aromatic nitrogens is 1. The maximum absolute atomic E-state index is 11.7. The van der Waals surface area contributed by atoms with E-state index in [-0.39, 0.29) is 5.91 Å². The average molecular weight is 307 g/mol. The van der Waals surface area contributed by atoms with Gasteiger partial charge in [-0.3, -0.25) is 4.79 Å². The van der Waals surface area contributed by atoms with Gasteiger partial charge in [0.1, 0.15) is 4.34 Å². The van der Waals surface area contributed by atoms with Crippen LogP contribution in [0.2, 0.25) is 0 Å². The summed E-state index contributed by atoms with van der Waals surface area (Å²) >= 11 is 3.35. The largest absolute Gasteiger partial charge is 0.399 e. The van der Waals surface area contributed by atoms with E-state index in [1.807, 2.05) is 12.3 Å². The van der Waals surface area contributed by atoms with Crippen LogP contribution in [0.25, 0.3) is 0 Å². The molecule has 0 aliphatic carbocycles. The molecule has 0 saturated carbocycles. The molecule has 3 N–H and O–H groups in total. The van der Waals surface area contributed by atoms with Crippen LogP contribution >= 0.6 is 23.1 Å². The van der Waals surface area contributed by atoms with Gasteiger partial charge in [-0.05, 0) is 37.6 Å². The third-order valence-corrected chi connectivity index (χ3v) is 4.79. The summed E-state index contributed by atoms with van der Waals surface area (Å²) in [6.45, 7) is 1.99. The van der Waals surface area contributed by atoms with Gasteiger partial charge in [0.2, 0.25) is 5.91 Å². The Morgan fingerprint density at radius 2 is 2.15 bits per heavy atom. The van der Waals surface area contributed by atoms with Crippen molar-refractivity contribution in [1.82, 2.24) is 4.98 Å². The van der Waals surface area contributed by atoms with Gasteiger partial charge in [-0.25, -0.2) is 4.98 Å². The molecule has 1 amide bonds. The number of nitrogens with zero attached hydrogens (tertiary/aromatic N) is 1. The molecule has 6 heteroatoms. The number of carbonyl (C=O) groups is 1. The monoisotopic (exact) mass is 307 g/mol. The molecule has 4 nitrogen and oxygen atoms in total. The van der Waals surface area contributed by atoms with Crippen LogP contribution in [-0.2, 0) is 4.79 Å². The van der Waals surface area contributed by atoms with E-state index in [1.54, 1.807) is 47.4 Å². The third kappa shape index (κ3) is 4.86. The third-order valence-electron chi connectivity index (χ3n) is 2.57. The van der Waals surface area contributed by atoms with Crippen molar-refractivity contribution < 1.29 is 4.79 Å². The van der Waals surface area contributed by atoms with Gasteiger partial charge in [-0.2, -0.15) is 0 Å². The van der Waals surface area contributed by atoms with Crippen molar-refractivity contribution >= 4 is 40.4 Å². The highest BCUT2D eigenvalue weighted by Gasteiger charge is 2.04. The lowest BCUT2D eigenvalue weighted by Crippen LogP contribution is -2.11. The zero-order valence-corrected chi connectivity index (χ0v) is 12.9. The smallest absolute Gasteiger partial charge is 0.224 e. The van der Waals surface area contributed by atoms with Crippen LogP contribution in [0.15, 0.2) is 34.0 Å². The van der Waals surface area contributed by atoms with Gasteiger partial charge in [-0.1, -0.05) is 11.8 Å². The first-order chi connectivity index (χ1) is 9.63. The van der Waals surface area contributed by atoms with E-state index in [9.17, 15) is 4.79 Å². The standard InChI is InChI=1S/C14H17N3OS2/c1-10-9-20-14(16-10)19-8-2-3-13(18)17-12-6-4-11(15)5-7-12/h4-7,9H,2-3,8,15H2,1H3,(H,17,18). The predicted molar refractivity (Wildman–Crippen MR) is 86.3 cm³/mol. The van der Waals surface area contributed by atoms with Gasteiger partial charge in [0.15, 0.2) is 0 Å². The molecule has 0 saturated heterocycles. The van der Waals surface area contributed by atoms with Crippen molar-refractivity contribution in [3.8, 4) is 0 Å². The number of carbonyl (C=O) groups excluding carboxylic acids is 1. The van der Waals surface area contributed by atoms with Crippen molar-refractivity contribution in [1.29, 1.82) is 0 Å². The molecule has 1 heterocycles. The fraction of sp³-hybridized carbons (Fsp3) is 0.286. The topological polar surface area (TPSA) is 68.0 Å². The summed E-state index contributed by atoms with van der Waals surface area (Å²) in [5.41, 5.74) is 8.12. The zero-order chi connectivity index (χ0) is 14.4. The molecule has 106 valence electrons. The number of hydrogen-bond donors (Lipinski definition) is 2. The van der Waals surface area contributed by atoms with Gasteiger partial charge < -0.3 is 11.1 Å². The number of aryl methyl sites for hydroxylation is 1. The van der Waals surface area contributed by atoms with Gasteiger partial charge in [-0.15, -0.1) is 11.3 Å². The summed E-state index contributed by atoms with van der Waals surface area (Å²) in [6, 6.07) is 7.16. The second-order valence-electron chi connectivity index (χ2n) is 4.38. The summed E-state index contributed by atoms with van der Waals surface area (Å²) in [7, 11) is 0. The number of nitrogen functional groups attached to an aromatic ring is 1. The zero-order valence-electron chi connectivity index (χ0n) is 11.3. The van der Waals surface area contributed by atoms with E-state index in [1.165, 1.54) is 0 Å². The molecular weight excluding hydrogens is 290 g/mol. The molecule has 0 atom stereocenters. The quantitative estimate of drug-likeness (QED) is 0.486. The second kappa shape index (κ2) is 7.31. The Morgan fingerprint density at radius 1 is 1.40 bits per heavy atom. The number of thioether (sulfide) groups is 1. The normalized spacial score (nSPS) is 10.4. The minimum Gasteiger partial charge on any atom is -0.399 e. The van der Waals surface area contributed by atoms with E-state index >= 15 is 0 Å². The summed E-state index contributed by atoms with van der Waals surface area (Å²) in [6.07, 6.45) is 1.35. The Kier molecular flexibility index (Phi) is 5.43. The van der Waals surface area contributed by atoms with Gasteiger partial charge in [0.05, 0.1) is 0 Å². The number of anilines is 2. The molecule has 0 bridgehead atoms. The number of nitrogens with two attached hydrogens (primary N) is 1. The van der Waals surface area contributed by atoms with Crippen molar-refractivity contribution in [2.24, 2.45) is 0 Å². The highest BCUT2D eigenvalue weighted by Crippen LogP contribution is 2.23. The van der Waals surface area contributed by atoms with Gasteiger partial charge >= 0.3 is 0 Å². The first-order valence-corrected chi connectivity index (χ1v) is 8.20. The van der Waals surface area contributed by atoms with Crippen LogP contribution in [-0.4, -0.2) is 16.6 Å². The number of benzene rings is 1. The lowest BCUT2D eigenvalue weighted by Gasteiger charge is -2.05. The predicted octanol–water partition coefficient (Wildman–Crippen LogP) is 3.54. The van der Waals surface area contributed by atoms with Crippen LogP contribution in [0, 0.1) is 6.92 Å². The van der Waals surface area contributed by atoms with E-state index < -0.39 is 0 Å². The molecule has 2 rings (SSSR count). The fourth-order valence-electron chi connectivity index (χ4n) is 1.58. The first kappa shape index (κ1) is 14.9. The SMILES string of the molecule is Cc1csc(SCCCC(=O)Nc2ccc(N)cc2)n1. The molecular formula is C14H17N3OS2. The molecule has 2 aromatic rings. The van der Waals surface area contributed by atoms with Crippen molar-refractivity contribution in [2.45, 2.75) is 24.1 Å². The van der Waals surface area contributed by atoms with Gasteiger partial charge in [0, 0.05) is 34.6 Å². The summed E-state index contributed by atoms with van der Waals surface area (Å²) in [5, 5.41) is 4.89. The Labute approximate surface area is 126 Å². The maximum Gasteiger partial charge on any atom is 0.224 e. The molecule has 1 aromatic heterocycles. The Morgan fingerprint density at radius 3 is 2.80 bits per heavy atom. The fourth-order valence-corrected chi connectivity index (χ4v) is 3.44. The van der Waals surface area contributed by atoms with E-state index in [2.05, 4.69) is 10.3 Å². The number of thiazole rings is 1. The first-order valence-electron chi connectivity index (χ1n) is 6.34. The van der Waals surface area contributed by atoms with E-state index in [0.29, 0.717) is 12.1 Å². The lowest BCUT2D eigenvalue weighted by atomic mass is 10.2. The Bertz CT molecular complexity index is 566. The van der Waals surface area contributed by atoms with Crippen molar-refractivity contribution in [3.63, 3.8) is 0 Å². The minimum absolute atomic E-state index is 0.0330. The molecule has 20 heavy (non-hydrogen) atoms. The van der Waals surface area contributed by atoms with Crippen LogP contribution in [0.5, 0.6) is 0 Å². The number of nitrogens with one attached hydrogen (secondary N) is 1. The lowest BCUT2D eigenvalue weighted by molar-refractivity contribution is -0.116. The van der Waals surface area contributed by atoms with E-state index in [0.717, 1.165) is 27.9 Å². The summed E-state index contributed by atoms with van der Waals surface area (Å²) < 4.78 is 1.07. The molecule has 0 unspecified atom stereocenters. The molecule has 0 fully saturated rings. The number of rotatable bonds is 6. The number of amides is 1. The summed E-state index contributed by atoms with van der Waals surface area (Å²) in [4.78, 5) is 16.1. The van der Waals surface area contributed by atoms with Crippen LogP contribution in [0.3, 0.4) is 0 Å². The average Bonchev–Trinajstić information content (AvgIpc) is 2.83. The highest BCUT2D eigenvalue weighted by atomic mass is 32.2. The molecule has 0 spiro atoms. The maximum atomic E-state index is 11.7. The molecule has 0 radical (unpaired) electrons. The van der Waals surface area contributed by atoms with E-state index in [4.69, 9.17) is 5.73 Å². The molecule has 1 aromatic carbocycles.